The Morgan fingerprint density at radius 2 is 1.71 bits per heavy atom. The molecule has 2 amide bonds. The summed E-state index contributed by atoms with van der Waals surface area (Å²) in [5.41, 5.74) is 0.518. The van der Waals surface area contributed by atoms with Gasteiger partial charge in [0.05, 0.1) is 28.4 Å². The lowest BCUT2D eigenvalue weighted by molar-refractivity contribution is 0.0664. The Labute approximate surface area is 139 Å². The lowest BCUT2D eigenvalue weighted by Crippen LogP contribution is -2.41. The van der Waals surface area contributed by atoms with Crippen LogP contribution in [0.4, 0.5) is 0 Å². The predicted molar refractivity (Wildman–Crippen MR) is 85.8 cm³/mol. The number of carbonyl (C=O) groups excluding carboxylic acids is 2. The van der Waals surface area contributed by atoms with Gasteiger partial charge < -0.3 is 0 Å². The van der Waals surface area contributed by atoms with Crippen molar-refractivity contribution in [2.24, 2.45) is 0 Å². The van der Waals surface area contributed by atoms with Gasteiger partial charge >= 0.3 is 0 Å². The lowest BCUT2D eigenvalue weighted by atomic mass is 10.1. The monoisotopic (exact) mass is 372 g/mol. The van der Waals surface area contributed by atoms with Crippen LogP contribution in [0, 0.1) is 0 Å². The molecule has 1 unspecified atom stereocenters. The number of hydrogen-bond donors (Lipinski definition) is 1. The van der Waals surface area contributed by atoms with Gasteiger partial charge in [-0.25, -0.2) is 21.6 Å². The molecule has 0 aliphatic carbocycles. The minimum absolute atomic E-state index is 0.0431. The second-order valence-electron chi connectivity index (χ2n) is 5.84. The van der Waals surface area contributed by atoms with Crippen LogP contribution in [-0.2, 0) is 19.9 Å². The molecule has 1 fully saturated rings. The molecule has 0 aromatic heterocycles. The van der Waals surface area contributed by atoms with Crippen LogP contribution in [-0.4, -0.2) is 63.4 Å². The first-order valence-electron chi connectivity index (χ1n) is 7.34. The van der Waals surface area contributed by atoms with Crippen LogP contribution in [0.15, 0.2) is 24.3 Å². The third-order valence-electron chi connectivity index (χ3n) is 4.04. The summed E-state index contributed by atoms with van der Waals surface area (Å²) < 4.78 is 49.2. The molecular formula is C14H16N2O6S2. The Kier molecular flexibility index (Phi) is 4.22. The maximum absolute atomic E-state index is 12.2. The molecule has 8 nitrogen and oxygen atoms in total. The van der Waals surface area contributed by atoms with Crippen molar-refractivity contribution in [3.63, 3.8) is 0 Å². The van der Waals surface area contributed by atoms with E-state index in [9.17, 15) is 26.4 Å². The SMILES string of the molecule is O=C1c2ccccc2C(=O)N1CCS(=O)(=O)NC1CCS(=O)(=O)C1. The summed E-state index contributed by atoms with van der Waals surface area (Å²) in [5, 5.41) is 0. The van der Waals surface area contributed by atoms with E-state index in [-0.39, 0.29) is 35.6 Å². The van der Waals surface area contributed by atoms with E-state index in [1.54, 1.807) is 12.1 Å². The summed E-state index contributed by atoms with van der Waals surface area (Å²) in [6.07, 6.45) is 0.231. The normalized spacial score (nSPS) is 22.8. The molecule has 1 aromatic carbocycles. The fourth-order valence-electron chi connectivity index (χ4n) is 2.85. The summed E-state index contributed by atoms with van der Waals surface area (Å²) in [6, 6.07) is 5.65. The van der Waals surface area contributed by atoms with Crippen molar-refractivity contribution >= 4 is 31.7 Å². The first-order valence-corrected chi connectivity index (χ1v) is 10.8. The van der Waals surface area contributed by atoms with Gasteiger partial charge in [0, 0.05) is 12.6 Å². The minimum atomic E-state index is -3.80. The van der Waals surface area contributed by atoms with E-state index in [1.807, 2.05) is 0 Å². The molecule has 1 N–H and O–H groups in total. The van der Waals surface area contributed by atoms with Crippen molar-refractivity contribution in [1.82, 2.24) is 9.62 Å². The van der Waals surface area contributed by atoms with Crippen LogP contribution in [0.1, 0.15) is 27.1 Å². The maximum atomic E-state index is 12.2. The molecule has 24 heavy (non-hydrogen) atoms. The Balaban J connectivity index is 1.64. The van der Waals surface area contributed by atoms with Gasteiger partial charge in [-0.05, 0) is 18.6 Å². The fraction of sp³-hybridized carbons (Fsp3) is 0.429. The van der Waals surface area contributed by atoms with Crippen LogP contribution in [0.5, 0.6) is 0 Å². The summed E-state index contributed by atoms with van der Waals surface area (Å²) >= 11 is 0. The summed E-state index contributed by atoms with van der Waals surface area (Å²) in [4.78, 5) is 25.2. The molecule has 3 rings (SSSR count). The zero-order valence-electron chi connectivity index (χ0n) is 12.6. The van der Waals surface area contributed by atoms with E-state index in [1.165, 1.54) is 12.1 Å². The first kappa shape index (κ1) is 17.1. The standard InChI is InChI=1S/C14H16N2O6S2/c17-13-11-3-1-2-4-12(11)14(18)16(13)6-8-24(21,22)15-10-5-7-23(19,20)9-10/h1-4,10,15H,5-9H2. The second-order valence-corrected chi connectivity index (χ2v) is 9.95. The summed E-state index contributed by atoms with van der Waals surface area (Å²) in [5.74, 6) is -1.77. The number of nitrogens with one attached hydrogen (secondary N) is 1. The molecule has 0 spiro atoms. The van der Waals surface area contributed by atoms with Gasteiger partial charge in [-0.2, -0.15) is 0 Å². The number of nitrogens with zero attached hydrogens (tertiary/aromatic N) is 1. The molecule has 1 atom stereocenters. The first-order chi connectivity index (χ1) is 11.2. The average Bonchev–Trinajstić information content (AvgIpc) is 2.95. The van der Waals surface area contributed by atoms with Crippen LogP contribution >= 0.6 is 0 Å². The highest BCUT2D eigenvalue weighted by atomic mass is 32.2. The van der Waals surface area contributed by atoms with Crippen molar-refractivity contribution in [1.29, 1.82) is 0 Å². The highest BCUT2D eigenvalue weighted by Crippen LogP contribution is 2.22. The van der Waals surface area contributed by atoms with Gasteiger partial charge in [-0.1, -0.05) is 12.1 Å². The lowest BCUT2D eigenvalue weighted by Gasteiger charge is -2.16. The molecule has 1 aromatic rings. The minimum Gasteiger partial charge on any atom is -0.273 e. The molecule has 2 heterocycles. The zero-order chi connectivity index (χ0) is 17.5. The van der Waals surface area contributed by atoms with Gasteiger partial charge in [-0.3, -0.25) is 14.5 Å². The Hall–Kier alpha value is -1.78. The topological polar surface area (TPSA) is 118 Å². The summed E-state index contributed by atoms with van der Waals surface area (Å²) in [6.45, 7) is -0.277. The van der Waals surface area contributed by atoms with Crippen molar-refractivity contribution in [3.8, 4) is 0 Å². The summed E-state index contributed by atoms with van der Waals surface area (Å²) in [7, 11) is -7.00. The van der Waals surface area contributed by atoms with E-state index in [4.69, 9.17) is 0 Å². The van der Waals surface area contributed by atoms with Gasteiger partial charge in [0.2, 0.25) is 10.0 Å². The predicted octanol–water partition coefficient (Wildman–Crippen LogP) is -0.611. The van der Waals surface area contributed by atoms with Crippen molar-refractivity contribution in [3.05, 3.63) is 35.4 Å². The number of sulfonamides is 1. The molecule has 0 radical (unpaired) electrons. The van der Waals surface area contributed by atoms with Crippen molar-refractivity contribution < 1.29 is 26.4 Å². The van der Waals surface area contributed by atoms with E-state index in [2.05, 4.69) is 4.72 Å². The Morgan fingerprint density at radius 3 is 2.21 bits per heavy atom. The van der Waals surface area contributed by atoms with Crippen LogP contribution in [0.25, 0.3) is 0 Å². The Morgan fingerprint density at radius 1 is 1.12 bits per heavy atom. The van der Waals surface area contributed by atoms with Crippen molar-refractivity contribution in [2.45, 2.75) is 12.5 Å². The fourth-order valence-corrected chi connectivity index (χ4v) is 5.88. The number of fused-ring (bicyclic) bond motifs is 1. The molecule has 130 valence electrons. The number of carbonyl (C=O) groups is 2. The highest BCUT2D eigenvalue weighted by molar-refractivity contribution is 7.92. The van der Waals surface area contributed by atoms with E-state index >= 15 is 0 Å². The molecule has 0 bridgehead atoms. The quantitative estimate of drug-likeness (QED) is 0.689. The third kappa shape index (κ3) is 3.35. The van der Waals surface area contributed by atoms with Crippen LogP contribution in [0.2, 0.25) is 0 Å². The van der Waals surface area contributed by atoms with Gasteiger partial charge in [0.15, 0.2) is 9.84 Å². The van der Waals surface area contributed by atoms with E-state index in [0.717, 1.165) is 4.90 Å². The molecule has 0 saturated carbocycles. The van der Waals surface area contributed by atoms with E-state index in [0.29, 0.717) is 0 Å². The number of benzene rings is 1. The van der Waals surface area contributed by atoms with Crippen molar-refractivity contribution in [2.75, 3.05) is 23.8 Å². The molecule has 2 aliphatic rings. The number of rotatable bonds is 5. The van der Waals surface area contributed by atoms with Gasteiger partial charge in [0.25, 0.3) is 11.8 Å². The highest BCUT2D eigenvalue weighted by Gasteiger charge is 2.36. The van der Waals surface area contributed by atoms with Crippen LogP contribution < -0.4 is 4.72 Å². The maximum Gasteiger partial charge on any atom is 0.261 e. The number of sulfone groups is 1. The van der Waals surface area contributed by atoms with E-state index < -0.39 is 43.5 Å². The number of hydrogen-bond acceptors (Lipinski definition) is 6. The molecule has 10 heteroatoms. The zero-order valence-corrected chi connectivity index (χ0v) is 14.3. The molecular weight excluding hydrogens is 356 g/mol. The Bertz CT molecular complexity index is 872. The molecule has 1 saturated heterocycles. The van der Waals surface area contributed by atoms with Gasteiger partial charge in [0.1, 0.15) is 0 Å². The number of imide groups is 1. The smallest absolute Gasteiger partial charge is 0.261 e. The van der Waals surface area contributed by atoms with Gasteiger partial charge in [-0.15, -0.1) is 0 Å². The second kappa shape index (κ2) is 5.94. The largest absolute Gasteiger partial charge is 0.273 e. The number of amides is 2. The molecule has 2 aliphatic heterocycles. The van der Waals surface area contributed by atoms with Crippen LogP contribution in [0.3, 0.4) is 0 Å². The third-order valence-corrected chi connectivity index (χ3v) is 7.22. The average molecular weight is 372 g/mol.